The van der Waals surface area contributed by atoms with Crippen LogP contribution in [0.25, 0.3) is 0 Å². The molecule has 1 saturated heterocycles. The number of hydrogen-bond acceptors (Lipinski definition) is 15. The molecule has 10 unspecified atom stereocenters. The van der Waals surface area contributed by atoms with E-state index in [1.807, 2.05) is 6.92 Å². The molecule has 4 N–H and O–H groups in total. The first-order chi connectivity index (χ1) is 26.8. The number of carboxylic acids is 1. The van der Waals surface area contributed by atoms with E-state index in [1.54, 1.807) is 20.8 Å². The molecule has 0 radical (unpaired) electrons. The molecule has 5 aliphatic rings. The van der Waals surface area contributed by atoms with E-state index in [4.69, 9.17) is 26.8 Å². The largest absolute Gasteiger partial charge is 0.481 e. The van der Waals surface area contributed by atoms with Gasteiger partial charge in [0.1, 0.15) is 12.2 Å². The first kappa shape index (κ1) is 45.0. The number of benzene rings is 1. The van der Waals surface area contributed by atoms with Crippen LogP contribution in [0.3, 0.4) is 0 Å². The van der Waals surface area contributed by atoms with Gasteiger partial charge in [0.05, 0.1) is 29.6 Å². The quantitative estimate of drug-likeness (QED) is 0.0685. The van der Waals surface area contributed by atoms with Crippen LogP contribution in [0.15, 0.2) is 41.3 Å². The number of hydrogen-bond donors (Lipinski definition) is 4. The van der Waals surface area contributed by atoms with Gasteiger partial charge in [-0.2, -0.15) is 25.3 Å². The maximum Gasteiger partial charge on any atom is 0.397 e. The summed E-state index contributed by atoms with van der Waals surface area (Å²) in [7, 11) is -15.7. The number of carbonyl (C=O) groups is 2. The number of aliphatic carboxylic acids is 1. The number of esters is 1. The number of carbonyl (C=O) groups excluding carboxylic acids is 1. The van der Waals surface area contributed by atoms with Gasteiger partial charge < -0.3 is 24.4 Å². The molecule has 1 aliphatic heterocycles. The summed E-state index contributed by atoms with van der Waals surface area (Å²) in [6, 6.07) is 5.43. The van der Waals surface area contributed by atoms with Crippen molar-refractivity contribution >= 4 is 42.9 Å². The summed E-state index contributed by atoms with van der Waals surface area (Å²) in [5.74, 6) is -3.72. The van der Waals surface area contributed by atoms with E-state index in [9.17, 15) is 54.2 Å². The molecular weight excluding hydrogens is 829 g/mol. The fourth-order valence-electron chi connectivity index (χ4n) is 10.7. The van der Waals surface area contributed by atoms with E-state index in [2.05, 4.69) is 6.58 Å². The van der Waals surface area contributed by atoms with Gasteiger partial charge in [0.25, 0.3) is 10.1 Å². The lowest BCUT2D eigenvalue weighted by molar-refractivity contribution is -0.315. The second-order valence-electron chi connectivity index (χ2n) is 17.2. The van der Waals surface area contributed by atoms with E-state index in [1.165, 1.54) is 24.3 Å². The molecule has 1 heterocycles. The van der Waals surface area contributed by atoms with Crippen molar-refractivity contribution in [3.8, 4) is 0 Å². The molecule has 1 spiro atoms. The third-order valence-electron chi connectivity index (χ3n) is 13.0. The average Bonchev–Trinajstić information content (AvgIpc) is 3.27. The summed E-state index contributed by atoms with van der Waals surface area (Å²) in [4.78, 5) is 25.9. The number of aliphatic hydroxyl groups is 1. The van der Waals surface area contributed by atoms with Gasteiger partial charge in [0.15, 0.2) is 18.5 Å². The first-order valence-corrected chi connectivity index (χ1v) is 23.3. The predicted molar refractivity (Wildman–Crippen MR) is 200 cm³/mol. The van der Waals surface area contributed by atoms with Gasteiger partial charge in [-0.05, 0) is 98.7 Å². The highest BCUT2D eigenvalue weighted by Gasteiger charge is 2.67. The number of carboxylic acid groups (broad SMARTS) is 1. The van der Waals surface area contributed by atoms with Gasteiger partial charge in [0.2, 0.25) is 0 Å². The zero-order chi connectivity index (χ0) is 42.7. The second kappa shape index (κ2) is 16.4. The Bertz CT molecular complexity index is 2070. The van der Waals surface area contributed by atoms with E-state index < -0.39 is 109 Å². The maximum absolute atomic E-state index is 13.2. The van der Waals surface area contributed by atoms with Crippen LogP contribution in [0.1, 0.15) is 77.7 Å². The summed E-state index contributed by atoms with van der Waals surface area (Å²) in [5, 5.41) is 22.2. The standard InChI is InChI=1S/C37H52O18S3/c1-19(2)14-29(38)53-32-31(55-58(47,48)49)30(54-57(44,45)46)27(18-50-56(42,43)24-9-6-20(3)7-10-24)52-35(32)51-23-15-25(34(40)41)26-12-13-37-16-22(21(4)33(37)39)8-11-28(37)36(26,5)17-23/h6-7,9-10,19,22-23,25-28,30-33,35,39H,4,8,11-18H2,1-3,5H3,(H,40,41)(H,44,45,46)(H,47,48,49)/t22?,23?,25?,26?,27-,28?,30-,31?,32?,33+,35?,36?,37?/m1/s1. The lowest BCUT2D eigenvalue weighted by atomic mass is 9.43. The SMILES string of the molecule is C=C1C2CCC3C4(C)CC(OC5O[C@H](COS(=O)(=O)c6ccc(C)cc6)[C@@H](OS(=O)(=O)O)C(OS(=O)(=O)O)C5OC(=O)CC(C)C)CC(C(=O)O)C4CCC3(C2)[C@H]1O. The zero-order valence-electron chi connectivity index (χ0n) is 32.5. The van der Waals surface area contributed by atoms with Crippen molar-refractivity contribution in [1.29, 1.82) is 0 Å². The van der Waals surface area contributed by atoms with Crippen molar-refractivity contribution in [3.63, 3.8) is 0 Å². The summed E-state index contributed by atoms with van der Waals surface area (Å²) in [6.45, 7) is 10.1. The fourth-order valence-corrected chi connectivity index (χ4v) is 12.7. The summed E-state index contributed by atoms with van der Waals surface area (Å²) < 4.78 is 128. The van der Waals surface area contributed by atoms with Crippen molar-refractivity contribution in [2.24, 2.45) is 40.4 Å². The molecule has 0 aromatic heterocycles. The minimum atomic E-state index is -5.58. The Kier molecular flexibility index (Phi) is 12.7. The van der Waals surface area contributed by atoms with Crippen molar-refractivity contribution in [1.82, 2.24) is 0 Å². The minimum absolute atomic E-state index is 0.0997. The molecule has 21 heteroatoms. The van der Waals surface area contributed by atoms with Crippen LogP contribution in [-0.4, -0.2) is 106 Å². The Morgan fingerprint density at radius 2 is 1.59 bits per heavy atom. The van der Waals surface area contributed by atoms with Gasteiger partial charge in [-0.15, -0.1) is 0 Å². The molecule has 4 aliphatic carbocycles. The Morgan fingerprint density at radius 3 is 2.19 bits per heavy atom. The predicted octanol–water partition coefficient (Wildman–Crippen LogP) is 3.39. The van der Waals surface area contributed by atoms with Crippen molar-refractivity contribution in [3.05, 3.63) is 42.0 Å². The molecular formula is C37H52O18S3. The van der Waals surface area contributed by atoms with Crippen LogP contribution in [0, 0.1) is 47.3 Å². The van der Waals surface area contributed by atoms with Crippen LogP contribution < -0.4 is 0 Å². The fraction of sp³-hybridized carbons (Fsp3) is 0.730. The lowest BCUT2D eigenvalue weighted by Gasteiger charge is -2.62. The van der Waals surface area contributed by atoms with E-state index in [0.717, 1.165) is 12.0 Å². The molecule has 1 aromatic rings. The normalized spacial score (nSPS) is 37.9. The molecule has 5 fully saturated rings. The highest BCUT2D eigenvalue weighted by molar-refractivity contribution is 7.86. The summed E-state index contributed by atoms with van der Waals surface area (Å²) >= 11 is 0. The Balaban J connectivity index is 1.39. The number of aryl methyl sites for hydroxylation is 1. The molecule has 4 saturated carbocycles. The molecule has 58 heavy (non-hydrogen) atoms. The molecule has 6 rings (SSSR count). The van der Waals surface area contributed by atoms with Crippen molar-refractivity contribution in [2.75, 3.05) is 6.61 Å². The number of aliphatic hydroxyl groups excluding tert-OH is 1. The van der Waals surface area contributed by atoms with Gasteiger partial charge in [0, 0.05) is 11.8 Å². The third-order valence-corrected chi connectivity index (χ3v) is 15.2. The van der Waals surface area contributed by atoms with Gasteiger partial charge in [-0.25, -0.2) is 8.37 Å². The van der Waals surface area contributed by atoms with E-state index in [-0.39, 0.29) is 47.8 Å². The molecule has 1 aromatic carbocycles. The Hall–Kier alpha value is -2.57. The van der Waals surface area contributed by atoms with Crippen molar-refractivity contribution in [2.45, 2.75) is 127 Å². The van der Waals surface area contributed by atoms with Crippen LogP contribution in [0.2, 0.25) is 0 Å². The highest BCUT2D eigenvalue weighted by atomic mass is 32.3. The number of fused-ring (bicyclic) bond motifs is 3. The summed E-state index contributed by atoms with van der Waals surface area (Å²) in [5.41, 5.74) is 0.208. The topological polar surface area (TPSA) is 273 Å². The van der Waals surface area contributed by atoms with Gasteiger partial charge in [-0.1, -0.05) is 45.0 Å². The van der Waals surface area contributed by atoms with Crippen molar-refractivity contribution < 1.29 is 80.9 Å². The highest BCUT2D eigenvalue weighted by Crippen LogP contribution is 2.70. The van der Waals surface area contributed by atoms with E-state index >= 15 is 0 Å². The van der Waals surface area contributed by atoms with Gasteiger partial charge >= 0.3 is 32.7 Å². The number of ether oxygens (including phenoxy) is 3. The number of rotatable bonds is 14. The van der Waals surface area contributed by atoms with E-state index in [0.29, 0.717) is 31.2 Å². The Morgan fingerprint density at radius 1 is 0.948 bits per heavy atom. The third kappa shape index (κ3) is 9.19. The average molecular weight is 881 g/mol. The first-order valence-electron chi connectivity index (χ1n) is 19.2. The molecule has 0 amide bonds. The smallest absolute Gasteiger partial charge is 0.397 e. The maximum atomic E-state index is 13.2. The van der Waals surface area contributed by atoms with Crippen LogP contribution in [-0.2, 0) is 67.3 Å². The lowest BCUT2D eigenvalue weighted by Crippen LogP contribution is -2.64. The molecule has 13 atom stereocenters. The minimum Gasteiger partial charge on any atom is -0.481 e. The van der Waals surface area contributed by atoms with Crippen LogP contribution >= 0.6 is 0 Å². The molecule has 18 nitrogen and oxygen atoms in total. The Labute approximate surface area is 338 Å². The van der Waals surface area contributed by atoms with Crippen LogP contribution in [0.5, 0.6) is 0 Å². The molecule has 326 valence electrons. The molecule has 2 bridgehead atoms. The monoisotopic (exact) mass is 880 g/mol. The second-order valence-corrected chi connectivity index (χ2v) is 20.9. The van der Waals surface area contributed by atoms with Crippen LogP contribution in [0.4, 0.5) is 0 Å². The van der Waals surface area contributed by atoms with Gasteiger partial charge in [-0.3, -0.25) is 22.9 Å². The zero-order valence-corrected chi connectivity index (χ0v) is 35.0. The summed E-state index contributed by atoms with van der Waals surface area (Å²) in [6.07, 6.45) is -9.52.